The molecule has 0 bridgehead atoms. The summed E-state index contributed by atoms with van der Waals surface area (Å²) >= 11 is 0. The van der Waals surface area contributed by atoms with Crippen molar-refractivity contribution in [1.82, 2.24) is 0 Å². The molecule has 0 fully saturated rings. The summed E-state index contributed by atoms with van der Waals surface area (Å²) in [4.78, 5) is 21.3. The second-order valence-corrected chi connectivity index (χ2v) is 6.46. The van der Waals surface area contributed by atoms with Gasteiger partial charge in [0.05, 0.1) is 12.6 Å². The molecular weight excluding hydrogens is 423 g/mol. The minimum atomic E-state index is -5.08. The molecule has 3 aromatic carbocycles. The normalized spacial score (nSPS) is 10.8. The van der Waals surface area contributed by atoms with Crippen LogP contribution in [0, 0.1) is 0 Å². The predicted octanol–water partition coefficient (Wildman–Crippen LogP) is 4.46. The molecule has 3 aromatic rings. The molecule has 0 radical (unpaired) electrons. The van der Waals surface area contributed by atoms with E-state index in [2.05, 4.69) is 10.4 Å². The zero-order valence-corrected chi connectivity index (χ0v) is 16.7. The molecule has 0 heterocycles. The van der Waals surface area contributed by atoms with E-state index >= 15 is 0 Å². The van der Waals surface area contributed by atoms with Crippen LogP contribution in [0.3, 0.4) is 0 Å². The topological polar surface area (TPSA) is 105 Å². The van der Waals surface area contributed by atoms with Crippen LogP contribution >= 0.6 is 0 Å². The fourth-order valence-corrected chi connectivity index (χ4v) is 2.69. The standard InChI is InChI=1S/C21H19N3O.C2HF3O2/c22-23-15-17-9-6-10-18(13-17)19-11-4-5-12-20(19)24-21(25)14-16-7-2-1-3-8-16;3-2(4,5)1(6)7/h1-13,15H,14,22H2,(H,24,25);(H,6,7). The van der Waals surface area contributed by atoms with Crippen molar-refractivity contribution in [3.8, 4) is 11.1 Å². The van der Waals surface area contributed by atoms with E-state index in [1.807, 2.05) is 78.9 Å². The maximum atomic E-state index is 12.4. The lowest BCUT2D eigenvalue weighted by atomic mass is 10.0. The molecule has 4 N–H and O–H groups in total. The molecule has 3 rings (SSSR count). The molecule has 1 amide bonds. The predicted molar refractivity (Wildman–Crippen MR) is 116 cm³/mol. The van der Waals surface area contributed by atoms with Crippen molar-refractivity contribution >= 4 is 23.8 Å². The number of amides is 1. The lowest BCUT2D eigenvalue weighted by molar-refractivity contribution is -0.192. The monoisotopic (exact) mass is 443 g/mol. The summed E-state index contributed by atoms with van der Waals surface area (Å²) in [5.41, 5.74) is 4.62. The van der Waals surface area contributed by atoms with Gasteiger partial charge in [-0.1, -0.05) is 66.7 Å². The van der Waals surface area contributed by atoms with Crippen LogP contribution in [-0.2, 0) is 16.0 Å². The van der Waals surface area contributed by atoms with Crippen LogP contribution in [0.5, 0.6) is 0 Å². The average molecular weight is 443 g/mol. The first-order valence-electron chi connectivity index (χ1n) is 9.27. The van der Waals surface area contributed by atoms with Crippen molar-refractivity contribution in [2.24, 2.45) is 10.9 Å². The van der Waals surface area contributed by atoms with Crippen LogP contribution < -0.4 is 11.2 Å². The summed E-state index contributed by atoms with van der Waals surface area (Å²) in [5.74, 6) is 2.43. The highest BCUT2D eigenvalue weighted by Crippen LogP contribution is 2.28. The van der Waals surface area contributed by atoms with Crippen molar-refractivity contribution in [1.29, 1.82) is 0 Å². The van der Waals surface area contributed by atoms with Crippen molar-refractivity contribution in [2.75, 3.05) is 5.32 Å². The minimum absolute atomic E-state index is 0.0432. The van der Waals surface area contributed by atoms with Crippen molar-refractivity contribution in [2.45, 2.75) is 12.6 Å². The number of hydrogen-bond donors (Lipinski definition) is 3. The number of aliphatic carboxylic acids is 1. The van der Waals surface area contributed by atoms with E-state index in [0.29, 0.717) is 6.42 Å². The van der Waals surface area contributed by atoms with Gasteiger partial charge in [0.2, 0.25) is 5.91 Å². The van der Waals surface area contributed by atoms with E-state index in [0.717, 1.165) is 27.9 Å². The van der Waals surface area contributed by atoms with Gasteiger partial charge in [-0.15, -0.1) is 0 Å². The van der Waals surface area contributed by atoms with Gasteiger partial charge in [-0.3, -0.25) is 4.79 Å². The molecule has 6 nitrogen and oxygen atoms in total. The number of halogens is 3. The van der Waals surface area contributed by atoms with Gasteiger partial charge in [-0.25, -0.2) is 4.79 Å². The number of nitrogens with two attached hydrogens (primary N) is 1. The van der Waals surface area contributed by atoms with Gasteiger partial charge >= 0.3 is 12.1 Å². The van der Waals surface area contributed by atoms with E-state index in [-0.39, 0.29) is 5.91 Å². The zero-order chi connectivity index (χ0) is 23.6. The van der Waals surface area contributed by atoms with Crippen molar-refractivity contribution < 1.29 is 27.9 Å². The number of carbonyl (C=O) groups is 2. The Hall–Kier alpha value is -4.14. The van der Waals surface area contributed by atoms with E-state index in [9.17, 15) is 18.0 Å². The molecule has 0 saturated carbocycles. The van der Waals surface area contributed by atoms with Crippen LogP contribution in [0.2, 0.25) is 0 Å². The maximum absolute atomic E-state index is 12.4. The molecular formula is C23H20F3N3O3. The molecule has 0 aliphatic heterocycles. The van der Waals surface area contributed by atoms with Crippen LogP contribution in [0.15, 0.2) is 84.0 Å². The Kier molecular flexibility index (Phi) is 8.53. The van der Waals surface area contributed by atoms with Gasteiger partial charge in [0.25, 0.3) is 0 Å². The van der Waals surface area contributed by atoms with Gasteiger partial charge in [0.15, 0.2) is 0 Å². The summed E-state index contributed by atoms with van der Waals surface area (Å²) in [7, 11) is 0. The quantitative estimate of drug-likeness (QED) is 0.308. The Labute approximate surface area is 182 Å². The van der Waals surface area contributed by atoms with E-state index < -0.39 is 12.1 Å². The fourth-order valence-electron chi connectivity index (χ4n) is 2.69. The Balaban J connectivity index is 0.000000451. The summed E-state index contributed by atoms with van der Waals surface area (Å²) in [6, 6.07) is 25.3. The third-order valence-electron chi connectivity index (χ3n) is 4.07. The van der Waals surface area contributed by atoms with Crippen molar-refractivity contribution in [3.05, 3.63) is 90.0 Å². The first kappa shape index (κ1) is 24.1. The molecule has 0 saturated heterocycles. The number of anilines is 1. The largest absolute Gasteiger partial charge is 0.490 e. The number of rotatable bonds is 5. The molecule has 0 aromatic heterocycles. The Morgan fingerprint density at radius 3 is 2.22 bits per heavy atom. The number of carboxylic acid groups (broad SMARTS) is 1. The number of carboxylic acids is 1. The van der Waals surface area contributed by atoms with Crippen LogP contribution in [0.25, 0.3) is 11.1 Å². The highest BCUT2D eigenvalue weighted by Gasteiger charge is 2.38. The second-order valence-electron chi connectivity index (χ2n) is 6.46. The van der Waals surface area contributed by atoms with Gasteiger partial charge in [0, 0.05) is 11.3 Å². The zero-order valence-electron chi connectivity index (χ0n) is 16.7. The van der Waals surface area contributed by atoms with Crippen LogP contribution in [0.4, 0.5) is 18.9 Å². The lowest BCUT2D eigenvalue weighted by Gasteiger charge is -2.12. The molecule has 0 unspecified atom stereocenters. The van der Waals surface area contributed by atoms with Crippen LogP contribution in [0.1, 0.15) is 11.1 Å². The first-order chi connectivity index (χ1) is 15.2. The van der Waals surface area contributed by atoms with Gasteiger partial charge in [-0.05, 0) is 28.8 Å². The van der Waals surface area contributed by atoms with Gasteiger partial charge in [0.1, 0.15) is 0 Å². The molecule has 0 aliphatic rings. The lowest BCUT2D eigenvalue weighted by Crippen LogP contribution is -2.21. The first-order valence-corrected chi connectivity index (χ1v) is 9.27. The van der Waals surface area contributed by atoms with Crippen molar-refractivity contribution in [3.63, 3.8) is 0 Å². The second kappa shape index (κ2) is 11.3. The molecule has 0 atom stereocenters. The SMILES string of the molecule is NN=Cc1cccc(-c2ccccc2NC(=O)Cc2ccccc2)c1.O=C(O)C(F)(F)F. The average Bonchev–Trinajstić information content (AvgIpc) is 2.75. The third-order valence-corrected chi connectivity index (χ3v) is 4.07. The highest BCUT2D eigenvalue weighted by atomic mass is 19.4. The summed E-state index contributed by atoms with van der Waals surface area (Å²) in [5, 5.41) is 13.7. The molecule has 166 valence electrons. The van der Waals surface area contributed by atoms with Gasteiger partial charge < -0.3 is 16.3 Å². The number of nitrogens with one attached hydrogen (secondary N) is 1. The number of para-hydroxylation sites is 1. The number of benzene rings is 3. The molecule has 9 heteroatoms. The molecule has 0 aliphatic carbocycles. The van der Waals surface area contributed by atoms with E-state index in [4.69, 9.17) is 15.7 Å². The Morgan fingerprint density at radius 1 is 0.969 bits per heavy atom. The number of nitrogens with zero attached hydrogens (tertiary/aromatic N) is 1. The molecule has 32 heavy (non-hydrogen) atoms. The minimum Gasteiger partial charge on any atom is -0.475 e. The van der Waals surface area contributed by atoms with E-state index in [1.165, 1.54) is 0 Å². The smallest absolute Gasteiger partial charge is 0.475 e. The summed E-state index contributed by atoms with van der Waals surface area (Å²) < 4.78 is 31.7. The summed E-state index contributed by atoms with van der Waals surface area (Å²) in [6.45, 7) is 0. The number of hydrogen-bond acceptors (Lipinski definition) is 4. The highest BCUT2D eigenvalue weighted by molar-refractivity contribution is 5.97. The molecule has 0 spiro atoms. The maximum Gasteiger partial charge on any atom is 0.490 e. The Morgan fingerprint density at radius 2 is 1.59 bits per heavy atom. The fraction of sp³-hybridized carbons (Fsp3) is 0.0870. The van der Waals surface area contributed by atoms with Gasteiger partial charge in [-0.2, -0.15) is 18.3 Å². The van der Waals surface area contributed by atoms with Crippen LogP contribution in [-0.4, -0.2) is 29.4 Å². The number of alkyl halides is 3. The Bertz CT molecular complexity index is 1080. The van der Waals surface area contributed by atoms with E-state index in [1.54, 1.807) is 6.21 Å². The summed E-state index contributed by atoms with van der Waals surface area (Å²) in [6.07, 6.45) is -3.14. The number of hydrazone groups is 1. The third kappa shape index (κ3) is 7.60. The number of carbonyl (C=O) groups excluding carboxylic acids is 1.